The van der Waals surface area contributed by atoms with E-state index < -0.39 is 5.91 Å². The van der Waals surface area contributed by atoms with Gasteiger partial charge >= 0.3 is 0 Å². The summed E-state index contributed by atoms with van der Waals surface area (Å²) in [5, 5.41) is 2.37. The van der Waals surface area contributed by atoms with Crippen LogP contribution in [-0.4, -0.2) is 30.4 Å². The second-order valence-corrected chi connectivity index (χ2v) is 4.61. The Balaban J connectivity index is 2.79. The van der Waals surface area contributed by atoms with E-state index >= 15 is 0 Å². The lowest BCUT2D eigenvalue weighted by atomic mass is 10.2. The molecule has 1 aliphatic rings. The summed E-state index contributed by atoms with van der Waals surface area (Å²) in [7, 11) is 3.20. The fourth-order valence-electron chi connectivity index (χ4n) is 1.41. The van der Waals surface area contributed by atoms with E-state index in [2.05, 4.69) is 20.8 Å². The van der Waals surface area contributed by atoms with Gasteiger partial charge in [0.15, 0.2) is 0 Å². The molecule has 1 radical (unpaired) electrons. The Labute approximate surface area is 90.4 Å². The predicted molar refractivity (Wildman–Crippen MR) is 59.3 cm³/mol. The van der Waals surface area contributed by atoms with Crippen molar-refractivity contribution in [3.63, 3.8) is 0 Å². The average Bonchev–Trinajstić information content (AvgIpc) is 2.65. The van der Waals surface area contributed by atoms with E-state index in [0.29, 0.717) is 11.3 Å². The lowest BCUT2D eigenvalue weighted by Crippen LogP contribution is -2.50. The molecule has 0 N–H and O–H groups in total. The van der Waals surface area contributed by atoms with Crippen molar-refractivity contribution in [1.29, 1.82) is 0 Å². The summed E-state index contributed by atoms with van der Waals surface area (Å²) < 4.78 is 10.6. The van der Waals surface area contributed by atoms with E-state index in [1.54, 1.807) is 26.0 Å². The van der Waals surface area contributed by atoms with Gasteiger partial charge in [0.05, 0.1) is 5.37 Å². The molecule has 81 valence electrons. The third kappa shape index (κ3) is 2.07. The number of methoxy groups -OCH3 is 2. The Morgan fingerprint density at radius 1 is 1.43 bits per heavy atom. The van der Waals surface area contributed by atoms with Gasteiger partial charge in [0, 0.05) is 27.3 Å². The molecular weight excluding hydrogens is 198 g/mol. The minimum Gasteiger partial charge on any atom is -0.336 e. The molecule has 0 fully saturated rings. The molecule has 1 unspecified atom stereocenters. The fourth-order valence-corrected chi connectivity index (χ4v) is 2.45. The molecule has 0 aromatic carbocycles. The maximum atomic E-state index is 5.28. The summed E-state index contributed by atoms with van der Waals surface area (Å²) in [6, 6.07) is 0. The van der Waals surface area contributed by atoms with Crippen molar-refractivity contribution in [2.24, 2.45) is 5.92 Å². The smallest absolute Gasteiger partial charge is 0.251 e. The number of ether oxygens (including phenoxy) is 2. The first-order chi connectivity index (χ1) is 6.55. The van der Waals surface area contributed by atoms with Gasteiger partial charge in [-0.2, -0.15) is 0 Å². The Bertz CT molecular complexity index is 214. The van der Waals surface area contributed by atoms with Crippen molar-refractivity contribution < 1.29 is 9.47 Å². The molecule has 1 atom stereocenters. The first-order valence-electron chi connectivity index (χ1n) is 4.61. The van der Waals surface area contributed by atoms with Crippen LogP contribution in [0.25, 0.3) is 0 Å². The summed E-state index contributed by atoms with van der Waals surface area (Å²) in [6.07, 6.45) is 1.97. The molecule has 0 aromatic heterocycles. The van der Waals surface area contributed by atoms with Crippen molar-refractivity contribution in [3.8, 4) is 0 Å². The maximum absolute atomic E-state index is 5.28. The number of rotatable bonds is 4. The first kappa shape index (κ1) is 11.9. The molecule has 1 aliphatic heterocycles. The molecule has 0 amide bonds. The zero-order chi connectivity index (χ0) is 10.8. The Morgan fingerprint density at radius 2 is 2.00 bits per heavy atom. The zero-order valence-electron chi connectivity index (χ0n) is 9.19. The third-order valence-electron chi connectivity index (χ3n) is 2.32. The van der Waals surface area contributed by atoms with Gasteiger partial charge in [-0.15, -0.1) is 11.8 Å². The predicted octanol–water partition coefficient (Wildman–Crippen LogP) is 2.27. The highest BCUT2D eigenvalue weighted by molar-refractivity contribution is 8.02. The van der Waals surface area contributed by atoms with Crippen molar-refractivity contribution in [1.82, 2.24) is 4.90 Å². The zero-order valence-corrected chi connectivity index (χ0v) is 10.0. The average molecular weight is 216 g/mol. The van der Waals surface area contributed by atoms with E-state index in [9.17, 15) is 0 Å². The maximum Gasteiger partial charge on any atom is 0.251 e. The Hall–Kier alpha value is -0.190. The second-order valence-electron chi connectivity index (χ2n) is 3.58. The molecule has 0 saturated heterocycles. The van der Waals surface area contributed by atoms with Gasteiger partial charge in [-0.1, -0.05) is 13.8 Å². The van der Waals surface area contributed by atoms with E-state index in [1.807, 2.05) is 16.5 Å². The summed E-state index contributed by atoms with van der Waals surface area (Å²) >= 11 is 1.76. The van der Waals surface area contributed by atoms with Crippen LogP contribution in [0.4, 0.5) is 0 Å². The lowest BCUT2D eigenvalue weighted by Gasteiger charge is -2.40. The van der Waals surface area contributed by atoms with E-state index in [-0.39, 0.29) is 0 Å². The van der Waals surface area contributed by atoms with Crippen LogP contribution in [0.5, 0.6) is 0 Å². The topological polar surface area (TPSA) is 21.7 Å². The second kappa shape index (κ2) is 4.55. The molecule has 4 heteroatoms. The van der Waals surface area contributed by atoms with Crippen LogP contribution in [0, 0.1) is 12.8 Å². The van der Waals surface area contributed by atoms with E-state index in [1.165, 1.54) is 0 Å². The van der Waals surface area contributed by atoms with E-state index in [4.69, 9.17) is 9.47 Å². The molecule has 0 bridgehead atoms. The highest BCUT2D eigenvalue weighted by atomic mass is 32.2. The SMILES string of the molecule is [CH2]C(OC)(OC)N1C=CSC1C(C)C. The summed E-state index contributed by atoms with van der Waals surface area (Å²) in [6.45, 7) is 8.28. The van der Waals surface area contributed by atoms with Crippen LogP contribution >= 0.6 is 11.8 Å². The van der Waals surface area contributed by atoms with Gasteiger partial charge in [-0.3, -0.25) is 0 Å². The molecular formula is C10H18NO2S. The Kier molecular flexibility index (Phi) is 3.86. The summed E-state index contributed by atoms with van der Waals surface area (Å²) in [5.41, 5.74) is 0. The van der Waals surface area contributed by atoms with Gasteiger partial charge in [0.1, 0.15) is 0 Å². The van der Waals surface area contributed by atoms with Crippen molar-refractivity contribution in [3.05, 3.63) is 18.5 Å². The summed E-state index contributed by atoms with van der Waals surface area (Å²) in [4.78, 5) is 2.00. The largest absolute Gasteiger partial charge is 0.336 e. The first-order valence-corrected chi connectivity index (χ1v) is 5.55. The van der Waals surface area contributed by atoms with E-state index in [0.717, 1.165) is 0 Å². The standard InChI is InChI=1S/C10H18NO2S/c1-8(2)9-11(6-7-14-9)10(3,12-4)13-5/h6-9H,3H2,1-2,4-5H3. The number of hydrogen-bond acceptors (Lipinski definition) is 4. The van der Waals surface area contributed by atoms with Crippen molar-refractivity contribution >= 4 is 11.8 Å². The van der Waals surface area contributed by atoms with Gasteiger partial charge in [-0.25, -0.2) is 0 Å². The van der Waals surface area contributed by atoms with Gasteiger partial charge in [0.2, 0.25) is 0 Å². The van der Waals surface area contributed by atoms with Crippen molar-refractivity contribution in [2.45, 2.75) is 25.1 Å². The van der Waals surface area contributed by atoms with Crippen LogP contribution in [0.15, 0.2) is 11.6 Å². The van der Waals surface area contributed by atoms with Crippen molar-refractivity contribution in [2.75, 3.05) is 14.2 Å². The molecule has 1 rings (SSSR count). The number of nitrogens with zero attached hydrogens (tertiary/aromatic N) is 1. The fraction of sp³-hybridized carbons (Fsp3) is 0.700. The quantitative estimate of drug-likeness (QED) is 0.672. The van der Waals surface area contributed by atoms with Gasteiger partial charge < -0.3 is 14.4 Å². The normalized spacial score (nSPS) is 22.4. The summed E-state index contributed by atoms with van der Waals surface area (Å²) in [5.74, 6) is -0.393. The molecule has 0 aliphatic carbocycles. The van der Waals surface area contributed by atoms with Gasteiger partial charge in [0.25, 0.3) is 5.91 Å². The molecule has 1 heterocycles. The molecule has 14 heavy (non-hydrogen) atoms. The monoisotopic (exact) mass is 216 g/mol. The van der Waals surface area contributed by atoms with Crippen LogP contribution in [0.1, 0.15) is 13.8 Å². The van der Waals surface area contributed by atoms with Crippen LogP contribution in [0.3, 0.4) is 0 Å². The van der Waals surface area contributed by atoms with Crippen LogP contribution in [-0.2, 0) is 9.47 Å². The highest BCUT2D eigenvalue weighted by Crippen LogP contribution is 2.36. The molecule has 0 aromatic rings. The van der Waals surface area contributed by atoms with Crippen LogP contribution < -0.4 is 0 Å². The molecule has 0 spiro atoms. The number of thioether (sulfide) groups is 1. The Morgan fingerprint density at radius 3 is 2.43 bits per heavy atom. The minimum absolute atomic E-state index is 0.326. The molecule has 0 saturated carbocycles. The number of hydrogen-bond donors (Lipinski definition) is 0. The highest BCUT2D eigenvalue weighted by Gasteiger charge is 2.38. The van der Waals surface area contributed by atoms with Gasteiger partial charge in [-0.05, 0) is 11.3 Å². The molecule has 3 nitrogen and oxygen atoms in total. The minimum atomic E-state index is -0.908. The van der Waals surface area contributed by atoms with Crippen LogP contribution in [0.2, 0.25) is 0 Å². The lowest BCUT2D eigenvalue weighted by molar-refractivity contribution is -0.254. The third-order valence-corrected chi connectivity index (χ3v) is 3.64.